The minimum atomic E-state index is -0.544. The molecule has 1 saturated heterocycles. The van der Waals surface area contributed by atoms with Gasteiger partial charge >= 0.3 is 0 Å². The van der Waals surface area contributed by atoms with E-state index in [1.807, 2.05) is 0 Å². The smallest absolute Gasteiger partial charge is 0.243 e. The Morgan fingerprint density at radius 3 is 2.60 bits per heavy atom. The molecule has 2 amide bonds. The molecule has 8 nitrogen and oxygen atoms in total. The Hall–Kier alpha value is -2.61. The van der Waals surface area contributed by atoms with Crippen LogP contribution in [0.3, 0.4) is 0 Å². The van der Waals surface area contributed by atoms with Crippen molar-refractivity contribution in [3.63, 3.8) is 0 Å². The molecule has 0 aromatic heterocycles. The first-order valence-electron chi connectivity index (χ1n) is 10.9. The summed E-state index contributed by atoms with van der Waals surface area (Å²) in [5, 5.41) is 20.2. The quantitative estimate of drug-likeness (QED) is 0.339. The fourth-order valence-corrected chi connectivity index (χ4v) is 4.62. The van der Waals surface area contributed by atoms with E-state index < -0.39 is 12.1 Å². The summed E-state index contributed by atoms with van der Waals surface area (Å²) < 4.78 is 0. The highest BCUT2D eigenvalue weighted by Crippen LogP contribution is 2.28. The Kier molecular flexibility index (Phi) is 7.31. The van der Waals surface area contributed by atoms with Crippen LogP contribution in [0.4, 0.5) is 0 Å². The number of nitrogens with two attached hydrogens (primary N) is 2. The molecule has 7 N–H and O–H groups in total. The third kappa shape index (κ3) is 5.30. The number of benzene rings is 1. The van der Waals surface area contributed by atoms with E-state index in [0.717, 1.165) is 19.3 Å². The molecule has 3 rings (SSSR count). The van der Waals surface area contributed by atoms with E-state index in [2.05, 4.69) is 5.32 Å². The van der Waals surface area contributed by atoms with Gasteiger partial charge in [-0.3, -0.25) is 15.0 Å². The number of carbonyl (C=O) groups is 2. The number of amides is 2. The van der Waals surface area contributed by atoms with Crippen molar-refractivity contribution in [2.45, 2.75) is 70.0 Å². The Morgan fingerprint density at radius 2 is 1.93 bits per heavy atom. The number of hydrogen-bond acceptors (Lipinski definition) is 5. The van der Waals surface area contributed by atoms with E-state index in [1.165, 1.54) is 25.3 Å². The maximum absolute atomic E-state index is 12.9. The molecule has 164 valence electrons. The Balaban J connectivity index is 1.55. The second-order valence-electron chi connectivity index (χ2n) is 8.52. The lowest BCUT2D eigenvalue weighted by Gasteiger charge is -2.29. The number of nitrogen functional groups attached to an aromatic ring is 1. The Labute approximate surface area is 177 Å². The maximum Gasteiger partial charge on any atom is 0.243 e. The summed E-state index contributed by atoms with van der Waals surface area (Å²) in [4.78, 5) is 27.3. The minimum Gasteiger partial charge on any atom is -0.507 e. The molecular weight excluding hydrogens is 382 g/mol. The Morgan fingerprint density at radius 1 is 1.20 bits per heavy atom. The van der Waals surface area contributed by atoms with E-state index in [1.54, 1.807) is 17.0 Å². The van der Waals surface area contributed by atoms with Gasteiger partial charge in [0.05, 0.1) is 11.6 Å². The van der Waals surface area contributed by atoms with Crippen molar-refractivity contribution in [1.82, 2.24) is 10.2 Å². The zero-order chi connectivity index (χ0) is 21.7. The molecule has 2 fully saturated rings. The van der Waals surface area contributed by atoms with Crippen molar-refractivity contribution >= 4 is 17.6 Å². The normalized spacial score (nSPS) is 20.7. The van der Waals surface area contributed by atoms with E-state index in [9.17, 15) is 14.7 Å². The molecule has 1 saturated carbocycles. The summed E-state index contributed by atoms with van der Waals surface area (Å²) in [7, 11) is 0. The highest BCUT2D eigenvalue weighted by Gasteiger charge is 2.36. The van der Waals surface area contributed by atoms with E-state index in [-0.39, 0.29) is 35.5 Å². The summed E-state index contributed by atoms with van der Waals surface area (Å²) >= 11 is 0. The number of carbonyl (C=O) groups excluding carboxylic acids is 2. The van der Waals surface area contributed by atoms with Gasteiger partial charge in [0.15, 0.2) is 0 Å². The van der Waals surface area contributed by atoms with E-state index in [4.69, 9.17) is 16.9 Å². The number of aromatic hydroxyl groups is 1. The van der Waals surface area contributed by atoms with Crippen LogP contribution in [0.1, 0.15) is 62.5 Å². The van der Waals surface area contributed by atoms with Crippen LogP contribution < -0.4 is 16.8 Å². The van der Waals surface area contributed by atoms with Crippen molar-refractivity contribution in [1.29, 1.82) is 5.41 Å². The largest absolute Gasteiger partial charge is 0.507 e. The average molecular weight is 416 g/mol. The molecule has 2 aliphatic rings. The van der Waals surface area contributed by atoms with Crippen LogP contribution in [-0.2, 0) is 16.1 Å². The molecule has 0 unspecified atom stereocenters. The summed E-state index contributed by atoms with van der Waals surface area (Å²) in [6, 6.07) is 3.69. The van der Waals surface area contributed by atoms with Crippen molar-refractivity contribution < 1.29 is 14.7 Å². The first kappa shape index (κ1) is 22.1. The van der Waals surface area contributed by atoms with Gasteiger partial charge in [0.2, 0.25) is 11.8 Å². The number of likely N-dealkylation sites (tertiary alicyclic amines) is 1. The number of nitrogens with one attached hydrogen (secondary N) is 2. The number of nitrogens with zero attached hydrogens (tertiary/aromatic N) is 1. The van der Waals surface area contributed by atoms with Crippen LogP contribution in [0.25, 0.3) is 0 Å². The molecular formula is C22H33N5O3. The van der Waals surface area contributed by atoms with Crippen molar-refractivity contribution in [3.8, 4) is 5.75 Å². The van der Waals surface area contributed by atoms with Gasteiger partial charge in [-0.25, -0.2) is 0 Å². The molecule has 0 bridgehead atoms. The summed E-state index contributed by atoms with van der Waals surface area (Å²) in [5.41, 5.74) is 12.6. The fraction of sp³-hybridized carbons (Fsp3) is 0.591. The maximum atomic E-state index is 12.9. The van der Waals surface area contributed by atoms with Crippen LogP contribution in [0.15, 0.2) is 18.2 Å². The summed E-state index contributed by atoms with van der Waals surface area (Å²) in [6.45, 7) is 0.778. The molecule has 0 radical (unpaired) electrons. The topological polar surface area (TPSA) is 146 Å². The number of phenols is 1. The number of hydrogen-bond donors (Lipinski definition) is 5. The average Bonchev–Trinajstić information content (AvgIpc) is 3.22. The summed E-state index contributed by atoms with van der Waals surface area (Å²) in [6.07, 6.45) is 8.08. The van der Waals surface area contributed by atoms with Gasteiger partial charge in [0, 0.05) is 13.1 Å². The molecule has 1 aliphatic carbocycles. The Bertz CT molecular complexity index is 791. The molecule has 1 aromatic rings. The van der Waals surface area contributed by atoms with Crippen LogP contribution >= 0.6 is 0 Å². The first-order valence-corrected chi connectivity index (χ1v) is 10.9. The molecule has 0 spiro atoms. The SMILES string of the molecule is N=C(N)c1ccc(CNC(=O)[C@@H]2CCCN2C(=O)[C@H](N)CC2CCCCC2)cc1O. The number of amidine groups is 1. The van der Waals surface area contributed by atoms with Crippen LogP contribution in [0.2, 0.25) is 0 Å². The zero-order valence-corrected chi connectivity index (χ0v) is 17.4. The van der Waals surface area contributed by atoms with Crippen molar-refractivity contribution in [2.24, 2.45) is 17.4 Å². The number of rotatable bonds is 7. The standard InChI is InChI=1S/C22H33N5O3/c23-17(11-14-5-2-1-3-6-14)22(30)27-10-4-7-18(27)21(29)26-13-15-8-9-16(20(24)25)19(28)12-15/h8-9,12,14,17-18,28H,1-7,10-11,13,23H2,(H3,24,25)(H,26,29)/t17-,18+/m1/s1. The zero-order valence-electron chi connectivity index (χ0n) is 17.4. The van der Waals surface area contributed by atoms with Crippen LogP contribution in [-0.4, -0.2) is 46.3 Å². The predicted molar refractivity (Wildman–Crippen MR) is 115 cm³/mol. The third-order valence-electron chi connectivity index (χ3n) is 6.29. The number of phenolic OH excluding ortho intramolecular Hbond substituents is 1. The third-order valence-corrected chi connectivity index (χ3v) is 6.29. The molecule has 8 heteroatoms. The second kappa shape index (κ2) is 9.93. The fourth-order valence-electron chi connectivity index (χ4n) is 4.62. The molecule has 2 atom stereocenters. The molecule has 30 heavy (non-hydrogen) atoms. The van der Waals surface area contributed by atoms with Gasteiger partial charge in [0.25, 0.3) is 0 Å². The van der Waals surface area contributed by atoms with Gasteiger partial charge in [-0.1, -0.05) is 38.2 Å². The monoisotopic (exact) mass is 415 g/mol. The second-order valence-corrected chi connectivity index (χ2v) is 8.52. The summed E-state index contributed by atoms with van der Waals surface area (Å²) in [5.74, 6) is -0.130. The van der Waals surface area contributed by atoms with Gasteiger partial charge in [-0.05, 0) is 42.9 Å². The molecule has 1 aromatic carbocycles. The highest BCUT2D eigenvalue weighted by molar-refractivity contribution is 5.97. The lowest BCUT2D eigenvalue weighted by molar-refractivity contribution is -0.139. The van der Waals surface area contributed by atoms with Crippen LogP contribution in [0.5, 0.6) is 5.75 Å². The van der Waals surface area contributed by atoms with E-state index >= 15 is 0 Å². The van der Waals surface area contributed by atoms with Gasteiger partial charge < -0.3 is 26.8 Å². The highest BCUT2D eigenvalue weighted by atomic mass is 16.3. The van der Waals surface area contributed by atoms with Gasteiger partial charge in [-0.2, -0.15) is 0 Å². The molecule has 1 heterocycles. The first-order chi connectivity index (χ1) is 14.4. The van der Waals surface area contributed by atoms with Crippen LogP contribution in [0, 0.1) is 11.3 Å². The van der Waals surface area contributed by atoms with Gasteiger partial charge in [0.1, 0.15) is 17.6 Å². The predicted octanol–water partition coefficient (Wildman–Crippen LogP) is 1.58. The molecule has 1 aliphatic heterocycles. The van der Waals surface area contributed by atoms with Crippen molar-refractivity contribution in [2.75, 3.05) is 6.54 Å². The van der Waals surface area contributed by atoms with E-state index in [0.29, 0.717) is 30.9 Å². The lowest BCUT2D eigenvalue weighted by Crippen LogP contribution is -2.51. The lowest BCUT2D eigenvalue weighted by atomic mass is 9.84. The minimum absolute atomic E-state index is 0.0967. The van der Waals surface area contributed by atoms with Gasteiger partial charge in [-0.15, -0.1) is 0 Å². The van der Waals surface area contributed by atoms with Crippen molar-refractivity contribution in [3.05, 3.63) is 29.3 Å².